The molecule has 0 saturated carbocycles. The van der Waals surface area contributed by atoms with Crippen molar-refractivity contribution in [2.75, 3.05) is 51.9 Å². The smallest absolute Gasteiger partial charge is 0.104 e. The second kappa shape index (κ2) is 101. The van der Waals surface area contributed by atoms with Crippen molar-refractivity contribution in [1.82, 2.24) is 0 Å². The molecule has 36 heavy (non-hydrogen) atoms. The number of epoxide rings is 2. The summed E-state index contributed by atoms with van der Waals surface area (Å²) in [5.74, 6) is 0.944. The molecule has 6 heteroatoms. The van der Waals surface area contributed by atoms with Gasteiger partial charge in [0.15, 0.2) is 0 Å². The van der Waals surface area contributed by atoms with Gasteiger partial charge in [-0.1, -0.05) is 116 Å². The summed E-state index contributed by atoms with van der Waals surface area (Å²) in [5, 5.41) is 0. The molecule has 0 aromatic carbocycles. The van der Waals surface area contributed by atoms with Gasteiger partial charge >= 0.3 is 0 Å². The number of hydrogen-bond donors (Lipinski definition) is 2. The minimum atomic E-state index is 0. The normalized spacial score (nSPS) is 12.5. The Labute approximate surface area is 244 Å². The summed E-state index contributed by atoms with van der Waals surface area (Å²) in [6.45, 7) is 19.2. The van der Waals surface area contributed by atoms with E-state index in [4.69, 9.17) is 24.7 Å². The van der Waals surface area contributed by atoms with Gasteiger partial charge in [-0.3, -0.25) is 0 Å². The first kappa shape index (κ1) is 100. The van der Waals surface area contributed by atoms with Crippen molar-refractivity contribution in [3.8, 4) is 0 Å². The monoisotopic (exact) mass is 560 g/mol. The van der Waals surface area contributed by atoms with E-state index in [2.05, 4.69) is 26.1 Å². The Hall–Kier alpha value is -0.110. The standard InChI is InChI=1S/C5H10O2.C5H10O.C4H8O.C2H7N.C2H6S.12CH4/c1-2-6-3-5-4-7-5;1-3-5-6-4-2;1-2-4-3-5-4;2*1-2-3;;;;;;;;;;;;/h5H,2-4H2,1H3;3H,1,4-5H2,2H3;4H,2-3H2,1H3;2-3H2,1H3;3H,2H2,1H3;12*1H4. The number of ether oxygens (including phenoxy) is 4. The van der Waals surface area contributed by atoms with Gasteiger partial charge in [0.2, 0.25) is 0 Å². The Balaban J connectivity index is -0.0000000112. The van der Waals surface area contributed by atoms with Crippen LogP contribution in [0.3, 0.4) is 0 Å². The van der Waals surface area contributed by atoms with Crippen LogP contribution >= 0.6 is 12.6 Å². The van der Waals surface area contributed by atoms with E-state index in [-0.39, 0.29) is 89.1 Å². The SMILES string of the molecule is C.C.C.C.C.C.C.C.C.C.C.C.C=CCOCC.CCC1CO1.CCN.CCOCC1CO1.CCS. The van der Waals surface area contributed by atoms with Gasteiger partial charge in [-0.2, -0.15) is 12.6 Å². The Bertz CT molecular complexity index is 215. The van der Waals surface area contributed by atoms with Gasteiger partial charge in [-0.05, 0) is 32.6 Å². The van der Waals surface area contributed by atoms with E-state index in [1.165, 1.54) is 6.42 Å². The molecule has 2 N–H and O–H groups in total. The van der Waals surface area contributed by atoms with Crippen LogP contribution in [-0.4, -0.2) is 64.1 Å². The summed E-state index contributed by atoms with van der Waals surface area (Å²) < 4.78 is 19.6. The van der Waals surface area contributed by atoms with Crippen molar-refractivity contribution >= 4 is 12.6 Å². The molecule has 244 valence electrons. The highest BCUT2D eigenvalue weighted by Gasteiger charge is 2.21. The lowest BCUT2D eigenvalue weighted by Gasteiger charge is -1.91. The summed E-state index contributed by atoms with van der Waals surface area (Å²) in [4.78, 5) is 0. The summed E-state index contributed by atoms with van der Waals surface area (Å²) >= 11 is 3.79. The van der Waals surface area contributed by atoms with Gasteiger partial charge in [0, 0.05) is 13.2 Å². The molecule has 2 aliphatic heterocycles. The van der Waals surface area contributed by atoms with E-state index in [0.29, 0.717) is 18.8 Å². The van der Waals surface area contributed by atoms with Crippen LogP contribution < -0.4 is 5.73 Å². The van der Waals surface area contributed by atoms with Crippen molar-refractivity contribution in [2.45, 2.75) is 142 Å². The summed E-state index contributed by atoms with van der Waals surface area (Å²) in [7, 11) is 0. The van der Waals surface area contributed by atoms with E-state index >= 15 is 0 Å². The predicted molar refractivity (Wildman–Crippen MR) is 188 cm³/mol. The zero-order valence-electron chi connectivity index (χ0n) is 16.5. The average Bonchev–Trinajstić information content (AvgIpc) is 3.47. The minimum Gasteiger partial charge on any atom is -0.379 e. The quantitative estimate of drug-likeness (QED) is 0.140. The second-order valence-corrected chi connectivity index (χ2v) is 5.28. The Morgan fingerprint density at radius 1 is 0.722 bits per heavy atom. The molecule has 0 radical (unpaired) electrons. The lowest BCUT2D eigenvalue weighted by molar-refractivity contribution is 0.128. The van der Waals surface area contributed by atoms with E-state index in [0.717, 1.165) is 45.3 Å². The fraction of sp³-hybridized carbons (Fsp3) is 0.933. The summed E-state index contributed by atoms with van der Waals surface area (Å²) in [6, 6.07) is 0. The molecule has 0 aliphatic carbocycles. The van der Waals surface area contributed by atoms with Crippen LogP contribution in [0, 0.1) is 0 Å². The van der Waals surface area contributed by atoms with Crippen molar-refractivity contribution in [2.24, 2.45) is 5.73 Å². The van der Waals surface area contributed by atoms with Crippen molar-refractivity contribution in [3.63, 3.8) is 0 Å². The van der Waals surface area contributed by atoms with Gasteiger partial charge < -0.3 is 24.7 Å². The Morgan fingerprint density at radius 3 is 1.11 bits per heavy atom. The highest BCUT2D eigenvalue weighted by molar-refractivity contribution is 7.80. The Morgan fingerprint density at radius 2 is 1.00 bits per heavy atom. The zero-order chi connectivity index (χ0) is 19.1. The fourth-order valence-electron chi connectivity index (χ4n) is 0.918. The fourth-order valence-corrected chi connectivity index (χ4v) is 0.918. The summed E-state index contributed by atoms with van der Waals surface area (Å²) in [6.07, 6.45) is 4.00. The molecule has 0 spiro atoms. The van der Waals surface area contributed by atoms with E-state index in [1.807, 2.05) is 27.7 Å². The molecule has 2 heterocycles. The number of rotatable bonds is 7. The molecule has 5 nitrogen and oxygen atoms in total. The van der Waals surface area contributed by atoms with Crippen LogP contribution in [0.5, 0.6) is 0 Å². The van der Waals surface area contributed by atoms with Crippen molar-refractivity contribution in [1.29, 1.82) is 0 Å². The van der Waals surface area contributed by atoms with Crippen LogP contribution in [0.2, 0.25) is 0 Å². The molecule has 0 aromatic heterocycles. The predicted octanol–water partition coefficient (Wildman–Crippen LogP) is 11.0. The molecule has 2 rings (SSSR count). The number of nitrogens with two attached hydrogens (primary N) is 1. The molecule has 2 atom stereocenters. The average molecular weight is 560 g/mol. The number of thiol groups is 1. The van der Waals surface area contributed by atoms with E-state index in [9.17, 15) is 0 Å². The van der Waals surface area contributed by atoms with Crippen molar-refractivity contribution in [3.05, 3.63) is 12.7 Å². The maximum atomic E-state index is 5.03. The van der Waals surface area contributed by atoms with Crippen LogP contribution in [0.25, 0.3) is 0 Å². The largest absolute Gasteiger partial charge is 0.379 e. The number of hydrogen-bond acceptors (Lipinski definition) is 6. The van der Waals surface area contributed by atoms with Gasteiger partial charge in [0.1, 0.15) is 6.10 Å². The first-order chi connectivity index (χ1) is 11.6. The topological polar surface area (TPSA) is 69.5 Å². The van der Waals surface area contributed by atoms with Crippen LogP contribution in [0.4, 0.5) is 0 Å². The van der Waals surface area contributed by atoms with Crippen molar-refractivity contribution < 1.29 is 18.9 Å². The van der Waals surface area contributed by atoms with Crippen LogP contribution in [-0.2, 0) is 18.9 Å². The van der Waals surface area contributed by atoms with Gasteiger partial charge in [0.25, 0.3) is 0 Å². The third-order valence-electron chi connectivity index (χ3n) is 2.21. The molecule has 2 unspecified atom stereocenters. The van der Waals surface area contributed by atoms with Gasteiger partial charge in [-0.15, -0.1) is 6.58 Å². The molecule has 0 bridgehead atoms. The molecular weight excluding hydrogens is 470 g/mol. The maximum absolute atomic E-state index is 5.03. The zero-order valence-corrected chi connectivity index (χ0v) is 17.4. The molecule has 2 fully saturated rings. The lowest BCUT2D eigenvalue weighted by atomic mass is 10.4. The first-order valence-electron chi connectivity index (χ1n) is 8.91. The third kappa shape index (κ3) is 165. The molecule has 0 aromatic rings. The highest BCUT2D eigenvalue weighted by Crippen LogP contribution is 2.10. The van der Waals surface area contributed by atoms with Gasteiger partial charge in [0.05, 0.1) is 32.5 Å². The van der Waals surface area contributed by atoms with E-state index < -0.39 is 0 Å². The molecule has 2 aliphatic rings. The van der Waals surface area contributed by atoms with Crippen LogP contribution in [0.15, 0.2) is 12.7 Å². The summed E-state index contributed by atoms with van der Waals surface area (Å²) in [5.41, 5.74) is 4.85. The lowest BCUT2D eigenvalue weighted by Crippen LogP contribution is -1.99. The molecular formula is C30H89NO4S. The molecule has 2 saturated heterocycles. The van der Waals surface area contributed by atoms with Gasteiger partial charge in [-0.25, -0.2) is 0 Å². The highest BCUT2D eigenvalue weighted by atomic mass is 32.1. The Kier molecular flexibility index (Phi) is 282. The van der Waals surface area contributed by atoms with E-state index in [1.54, 1.807) is 6.08 Å². The second-order valence-electron chi connectivity index (χ2n) is 4.65. The van der Waals surface area contributed by atoms with Crippen LogP contribution in [0.1, 0.15) is 130 Å². The minimum absolute atomic E-state index is 0. The third-order valence-corrected chi connectivity index (χ3v) is 2.21. The maximum Gasteiger partial charge on any atom is 0.104 e. The first-order valence-corrected chi connectivity index (χ1v) is 9.55. The molecule has 0 amide bonds.